The average molecular weight is 389 g/mol. The van der Waals surface area contributed by atoms with Gasteiger partial charge < -0.3 is 15.2 Å². The van der Waals surface area contributed by atoms with Crippen molar-refractivity contribution < 1.29 is 9.59 Å². The van der Waals surface area contributed by atoms with E-state index in [0.29, 0.717) is 25.2 Å². The Morgan fingerprint density at radius 1 is 1.07 bits per heavy atom. The lowest BCUT2D eigenvalue weighted by molar-refractivity contribution is -0.122. The summed E-state index contributed by atoms with van der Waals surface area (Å²) in [5, 5.41) is 4.19. The minimum Gasteiger partial charge on any atom is -0.353 e. The van der Waals surface area contributed by atoms with Gasteiger partial charge in [0.1, 0.15) is 5.69 Å². The van der Waals surface area contributed by atoms with Crippen LogP contribution < -0.4 is 5.32 Å². The number of nitrogens with zero attached hydrogens (tertiary/aromatic N) is 1. The summed E-state index contributed by atoms with van der Waals surface area (Å²) in [6.07, 6.45) is 2.84. The molecule has 1 aliphatic heterocycles. The Morgan fingerprint density at radius 3 is 2.59 bits per heavy atom. The zero-order valence-corrected chi connectivity index (χ0v) is 16.8. The number of aromatic amines is 1. The first-order valence-electron chi connectivity index (χ1n) is 10.3. The predicted octanol–water partition coefficient (Wildman–Crippen LogP) is 3.83. The van der Waals surface area contributed by atoms with Crippen LogP contribution in [0.3, 0.4) is 0 Å². The predicted molar refractivity (Wildman–Crippen MR) is 115 cm³/mol. The molecule has 2 heterocycles. The molecular weight excluding hydrogens is 362 g/mol. The highest BCUT2D eigenvalue weighted by atomic mass is 16.2. The van der Waals surface area contributed by atoms with Crippen molar-refractivity contribution in [3.63, 3.8) is 0 Å². The largest absolute Gasteiger partial charge is 0.353 e. The third-order valence-corrected chi connectivity index (χ3v) is 5.64. The van der Waals surface area contributed by atoms with Crippen LogP contribution in [0.15, 0.2) is 54.6 Å². The van der Waals surface area contributed by atoms with Crippen molar-refractivity contribution >= 4 is 22.7 Å². The summed E-state index contributed by atoms with van der Waals surface area (Å²) in [6, 6.07) is 18.3. The fourth-order valence-electron chi connectivity index (χ4n) is 3.96. The van der Waals surface area contributed by atoms with Gasteiger partial charge in [-0.05, 0) is 49.4 Å². The van der Waals surface area contributed by atoms with Crippen LogP contribution in [0, 0.1) is 6.92 Å². The van der Waals surface area contributed by atoms with Crippen LogP contribution in [0.4, 0.5) is 0 Å². The highest BCUT2D eigenvalue weighted by Gasteiger charge is 2.25. The van der Waals surface area contributed by atoms with E-state index in [1.54, 1.807) is 0 Å². The number of aromatic nitrogens is 1. The first kappa shape index (κ1) is 19.2. The maximum atomic E-state index is 12.8. The molecular formula is C24H27N3O2. The van der Waals surface area contributed by atoms with Gasteiger partial charge in [0.15, 0.2) is 0 Å². The molecule has 0 spiro atoms. The second kappa shape index (κ2) is 8.52. The van der Waals surface area contributed by atoms with Gasteiger partial charge in [0.05, 0.1) is 0 Å². The van der Waals surface area contributed by atoms with E-state index in [2.05, 4.69) is 22.4 Å². The van der Waals surface area contributed by atoms with Crippen molar-refractivity contribution in [3.05, 3.63) is 71.4 Å². The van der Waals surface area contributed by atoms with Gasteiger partial charge in [-0.2, -0.15) is 0 Å². The molecule has 0 radical (unpaired) electrons. The topological polar surface area (TPSA) is 65.2 Å². The molecule has 2 N–H and O–H groups in total. The molecule has 4 rings (SSSR count). The number of hydrogen-bond acceptors (Lipinski definition) is 2. The van der Waals surface area contributed by atoms with E-state index in [9.17, 15) is 9.59 Å². The number of aryl methyl sites for hydroxylation is 2. The normalized spacial score (nSPS) is 14.9. The van der Waals surface area contributed by atoms with Gasteiger partial charge in [-0.3, -0.25) is 9.59 Å². The molecule has 5 heteroatoms. The summed E-state index contributed by atoms with van der Waals surface area (Å²) in [4.78, 5) is 30.2. The van der Waals surface area contributed by atoms with Crippen LogP contribution in [-0.4, -0.2) is 40.8 Å². The number of carbonyl (C=O) groups excluding carboxylic acids is 2. The summed E-state index contributed by atoms with van der Waals surface area (Å²) >= 11 is 0. The summed E-state index contributed by atoms with van der Waals surface area (Å²) in [6.45, 7) is 3.37. The number of nitrogens with one attached hydrogen (secondary N) is 2. The van der Waals surface area contributed by atoms with E-state index in [-0.39, 0.29) is 17.9 Å². The molecule has 1 fully saturated rings. The van der Waals surface area contributed by atoms with E-state index >= 15 is 0 Å². The number of carbonyl (C=O) groups is 2. The smallest absolute Gasteiger partial charge is 0.270 e. The summed E-state index contributed by atoms with van der Waals surface area (Å²) in [5.41, 5.74) is 3.98. The quantitative estimate of drug-likeness (QED) is 0.696. The van der Waals surface area contributed by atoms with Crippen molar-refractivity contribution in [2.75, 3.05) is 13.1 Å². The Hall–Kier alpha value is -3.08. The maximum absolute atomic E-state index is 12.8. The number of amides is 2. The van der Waals surface area contributed by atoms with Crippen LogP contribution in [0.1, 0.15) is 40.9 Å². The van der Waals surface area contributed by atoms with Crippen LogP contribution in [0.2, 0.25) is 0 Å². The molecule has 2 amide bonds. The lowest BCUT2D eigenvalue weighted by Crippen LogP contribution is -2.46. The van der Waals surface area contributed by atoms with Crippen LogP contribution in [0.25, 0.3) is 10.9 Å². The van der Waals surface area contributed by atoms with Gasteiger partial charge in [-0.1, -0.05) is 42.5 Å². The zero-order valence-electron chi connectivity index (χ0n) is 16.8. The SMILES string of the molecule is Cc1ccc2cc(C(=O)N3CCC(NC(=O)CCc4ccccc4)CC3)[nH]c2c1. The number of hydrogen-bond donors (Lipinski definition) is 2. The van der Waals surface area contributed by atoms with E-state index < -0.39 is 0 Å². The second-order valence-corrected chi connectivity index (χ2v) is 7.89. The Morgan fingerprint density at radius 2 is 1.83 bits per heavy atom. The third kappa shape index (κ3) is 4.67. The molecule has 1 aliphatic rings. The van der Waals surface area contributed by atoms with E-state index in [1.165, 1.54) is 11.1 Å². The summed E-state index contributed by atoms with van der Waals surface area (Å²) < 4.78 is 0. The lowest BCUT2D eigenvalue weighted by atomic mass is 10.0. The molecule has 29 heavy (non-hydrogen) atoms. The number of likely N-dealkylation sites (tertiary alicyclic amines) is 1. The van der Waals surface area contributed by atoms with Crippen molar-refractivity contribution in [2.45, 2.75) is 38.6 Å². The molecule has 150 valence electrons. The van der Waals surface area contributed by atoms with Gasteiger partial charge >= 0.3 is 0 Å². The average Bonchev–Trinajstić information content (AvgIpc) is 3.16. The van der Waals surface area contributed by atoms with Gasteiger partial charge in [-0.15, -0.1) is 0 Å². The molecule has 0 unspecified atom stereocenters. The third-order valence-electron chi connectivity index (χ3n) is 5.64. The summed E-state index contributed by atoms with van der Waals surface area (Å²) in [5.74, 6) is 0.123. The van der Waals surface area contributed by atoms with Gasteiger partial charge in [0.2, 0.25) is 5.91 Å². The van der Waals surface area contributed by atoms with Crippen LogP contribution in [0.5, 0.6) is 0 Å². The fraction of sp³-hybridized carbons (Fsp3) is 0.333. The van der Waals surface area contributed by atoms with E-state index in [1.807, 2.05) is 54.3 Å². The lowest BCUT2D eigenvalue weighted by Gasteiger charge is -2.32. The van der Waals surface area contributed by atoms with Crippen molar-refractivity contribution in [2.24, 2.45) is 0 Å². The molecule has 0 saturated carbocycles. The number of H-pyrrole nitrogens is 1. The first-order valence-corrected chi connectivity index (χ1v) is 10.3. The number of piperidine rings is 1. The molecule has 0 bridgehead atoms. The van der Waals surface area contributed by atoms with Crippen molar-refractivity contribution in [1.82, 2.24) is 15.2 Å². The zero-order chi connectivity index (χ0) is 20.2. The minimum absolute atomic E-state index is 0.0349. The van der Waals surface area contributed by atoms with Gasteiger partial charge in [0.25, 0.3) is 5.91 Å². The van der Waals surface area contributed by atoms with Crippen LogP contribution >= 0.6 is 0 Å². The molecule has 1 aromatic heterocycles. The van der Waals surface area contributed by atoms with E-state index in [0.717, 1.165) is 30.2 Å². The fourth-order valence-corrected chi connectivity index (χ4v) is 3.96. The van der Waals surface area contributed by atoms with E-state index in [4.69, 9.17) is 0 Å². The number of rotatable bonds is 5. The van der Waals surface area contributed by atoms with Crippen molar-refractivity contribution in [1.29, 1.82) is 0 Å². The van der Waals surface area contributed by atoms with Crippen molar-refractivity contribution in [3.8, 4) is 0 Å². The molecule has 3 aromatic rings. The Labute approximate surface area is 171 Å². The molecule has 1 saturated heterocycles. The monoisotopic (exact) mass is 389 g/mol. The van der Waals surface area contributed by atoms with Gasteiger partial charge in [0, 0.05) is 36.5 Å². The second-order valence-electron chi connectivity index (χ2n) is 7.89. The highest BCUT2D eigenvalue weighted by molar-refractivity contribution is 5.98. The number of fused-ring (bicyclic) bond motifs is 1. The minimum atomic E-state index is 0.0349. The highest BCUT2D eigenvalue weighted by Crippen LogP contribution is 2.20. The Bertz CT molecular complexity index is 1000. The number of benzene rings is 2. The molecule has 5 nitrogen and oxygen atoms in total. The summed E-state index contributed by atoms with van der Waals surface area (Å²) in [7, 11) is 0. The Kier molecular flexibility index (Phi) is 5.65. The standard InChI is InChI=1S/C24H27N3O2/c1-17-7-9-19-16-22(26-21(19)15-17)24(29)27-13-11-20(12-14-27)25-23(28)10-8-18-5-3-2-4-6-18/h2-7,9,15-16,20,26H,8,10-14H2,1H3,(H,25,28). The molecule has 0 aliphatic carbocycles. The van der Waals surface area contributed by atoms with Crippen LogP contribution in [-0.2, 0) is 11.2 Å². The Balaban J connectivity index is 1.27. The first-order chi connectivity index (χ1) is 14.1. The molecule has 2 aromatic carbocycles. The maximum Gasteiger partial charge on any atom is 0.270 e. The molecule has 0 atom stereocenters. The van der Waals surface area contributed by atoms with Gasteiger partial charge in [-0.25, -0.2) is 0 Å².